The highest BCUT2D eigenvalue weighted by Crippen LogP contribution is 2.28. The van der Waals surface area contributed by atoms with E-state index in [2.05, 4.69) is 52.3 Å². The van der Waals surface area contributed by atoms with Crippen LogP contribution in [0.3, 0.4) is 0 Å². The summed E-state index contributed by atoms with van der Waals surface area (Å²) in [5.74, 6) is 0.855. The van der Waals surface area contributed by atoms with E-state index in [1.54, 1.807) is 6.20 Å². The van der Waals surface area contributed by atoms with E-state index in [1.165, 1.54) is 0 Å². The SMILES string of the molecule is CCn1c(-c2cncc(-c3cn(C4CCN(C)CC4)nc3C)n2)nc2ccccc21. The predicted molar refractivity (Wildman–Crippen MR) is 118 cm³/mol. The van der Waals surface area contributed by atoms with Crippen molar-refractivity contribution in [3.8, 4) is 22.8 Å². The van der Waals surface area contributed by atoms with Gasteiger partial charge in [-0.3, -0.25) is 9.67 Å². The summed E-state index contributed by atoms with van der Waals surface area (Å²) in [6, 6.07) is 8.65. The molecular weight excluding hydrogens is 374 g/mol. The first-order chi connectivity index (χ1) is 14.6. The van der Waals surface area contributed by atoms with Crippen molar-refractivity contribution in [1.29, 1.82) is 0 Å². The number of rotatable bonds is 4. The second-order valence-electron chi connectivity index (χ2n) is 8.10. The molecule has 0 atom stereocenters. The van der Waals surface area contributed by atoms with Gasteiger partial charge in [0.05, 0.1) is 40.9 Å². The second-order valence-corrected chi connectivity index (χ2v) is 8.10. The average molecular weight is 402 g/mol. The molecule has 1 fully saturated rings. The fourth-order valence-corrected chi connectivity index (χ4v) is 4.37. The fourth-order valence-electron chi connectivity index (χ4n) is 4.37. The zero-order valence-corrected chi connectivity index (χ0v) is 17.8. The Labute approximate surface area is 176 Å². The number of aromatic nitrogens is 6. The summed E-state index contributed by atoms with van der Waals surface area (Å²) in [5.41, 5.74) is 5.77. The number of imidazole rings is 1. The Kier molecular flexibility index (Phi) is 4.83. The Morgan fingerprint density at radius 1 is 1.03 bits per heavy atom. The summed E-state index contributed by atoms with van der Waals surface area (Å²) < 4.78 is 4.32. The van der Waals surface area contributed by atoms with Crippen LogP contribution < -0.4 is 0 Å². The lowest BCUT2D eigenvalue weighted by Gasteiger charge is -2.29. The molecule has 0 amide bonds. The van der Waals surface area contributed by atoms with Crippen LogP contribution >= 0.6 is 0 Å². The first kappa shape index (κ1) is 18.9. The first-order valence-electron chi connectivity index (χ1n) is 10.7. The summed E-state index contributed by atoms with van der Waals surface area (Å²) in [5, 5.41) is 4.82. The normalized spacial score (nSPS) is 15.8. The highest BCUT2D eigenvalue weighted by Gasteiger charge is 2.21. The van der Waals surface area contributed by atoms with Crippen LogP contribution in [-0.2, 0) is 6.54 Å². The molecule has 0 saturated carbocycles. The third kappa shape index (κ3) is 3.29. The molecule has 7 heteroatoms. The summed E-state index contributed by atoms with van der Waals surface area (Å²) >= 11 is 0. The van der Waals surface area contributed by atoms with Crippen molar-refractivity contribution in [2.75, 3.05) is 20.1 Å². The summed E-state index contributed by atoms with van der Waals surface area (Å²) in [6.45, 7) is 7.23. The number of hydrogen-bond donors (Lipinski definition) is 0. The number of piperidine rings is 1. The lowest BCUT2D eigenvalue weighted by molar-refractivity contribution is 0.212. The number of aryl methyl sites for hydroxylation is 2. The molecule has 0 aliphatic carbocycles. The van der Waals surface area contributed by atoms with E-state index < -0.39 is 0 Å². The third-order valence-electron chi connectivity index (χ3n) is 6.09. The molecule has 1 aliphatic rings. The van der Waals surface area contributed by atoms with Crippen molar-refractivity contribution >= 4 is 11.0 Å². The molecule has 7 nitrogen and oxygen atoms in total. The van der Waals surface area contributed by atoms with E-state index in [0.29, 0.717) is 6.04 Å². The van der Waals surface area contributed by atoms with Crippen LogP contribution in [0.25, 0.3) is 33.8 Å². The first-order valence-corrected chi connectivity index (χ1v) is 10.7. The summed E-state index contributed by atoms with van der Waals surface area (Å²) in [7, 11) is 2.18. The Hall–Kier alpha value is -3.06. The number of nitrogens with zero attached hydrogens (tertiary/aromatic N) is 7. The molecule has 5 rings (SSSR count). The minimum Gasteiger partial charge on any atom is -0.323 e. The van der Waals surface area contributed by atoms with Crippen molar-refractivity contribution in [3.05, 3.63) is 48.5 Å². The van der Waals surface area contributed by atoms with Gasteiger partial charge >= 0.3 is 0 Å². The topological polar surface area (TPSA) is 64.7 Å². The van der Waals surface area contributed by atoms with Gasteiger partial charge in [0.2, 0.25) is 0 Å². The molecular formula is C23H27N7. The molecule has 3 aromatic heterocycles. The highest BCUT2D eigenvalue weighted by atomic mass is 15.3. The maximum absolute atomic E-state index is 4.94. The molecule has 1 aromatic carbocycles. The molecule has 0 bridgehead atoms. The lowest BCUT2D eigenvalue weighted by atomic mass is 10.1. The zero-order chi connectivity index (χ0) is 20.7. The molecule has 4 heterocycles. The van der Waals surface area contributed by atoms with E-state index in [9.17, 15) is 0 Å². The monoisotopic (exact) mass is 401 g/mol. The van der Waals surface area contributed by atoms with Gasteiger partial charge in [-0.2, -0.15) is 5.10 Å². The largest absolute Gasteiger partial charge is 0.323 e. The number of fused-ring (bicyclic) bond motifs is 1. The van der Waals surface area contributed by atoms with Crippen LogP contribution in [0.4, 0.5) is 0 Å². The van der Waals surface area contributed by atoms with Crippen molar-refractivity contribution in [2.45, 2.75) is 39.3 Å². The fraction of sp³-hybridized carbons (Fsp3) is 0.391. The predicted octanol–water partition coefficient (Wildman–Crippen LogP) is 3.95. The van der Waals surface area contributed by atoms with Gasteiger partial charge in [-0.15, -0.1) is 0 Å². The van der Waals surface area contributed by atoms with E-state index in [4.69, 9.17) is 15.1 Å². The molecule has 4 aromatic rings. The standard InChI is InChI=1S/C23H27N7/c1-4-29-22-8-6-5-7-19(22)26-23(29)21-14-24-13-20(25-21)18-15-30(27-16(18)2)17-9-11-28(3)12-10-17/h5-8,13-15,17H,4,9-12H2,1-3H3. The van der Waals surface area contributed by atoms with Crippen LogP contribution in [0, 0.1) is 6.92 Å². The van der Waals surface area contributed by atoms with Crippen LogP contribution in [0.1, 0.15) is 31.5 Å². The van der Waals surface area contributed by atoms with Crippen LogP contribution in [0.15, 0.2) is 42.9 Å². The van der Waals surface area contributed by atoms with Crippen LogP contribution in [-0.4, -0.2) is 54.3 Å². The molecule has 0 N–H and O–H groups in total. The number of para-hydroxylation sites is 2. The van der Waals surface area contributed by atoms with Crippen LogP contribution in [0.2, 0.25) is 0 Å². The molecule has 0 unspecified atom stereocenters. The number of benzene rings is 1. The summed E-state index contributed by atoms with van der Waals surface area (Å²) in [6.07, 6.45) is 8.02. The second kappa shape index (κ2) is 7.65. The quantitative estimate of drug-likeness (QED) is 0.518. The highest BCUT2D eigenvalue weighted by molar-refractivity contribution is 5.80. The molecule has 0 spiro atoms. The Morgan fingerprint density at radius 3 is 2.60 bits per heavy atom. The Morgan fingerprint density at radius 2 is 1.80 bits per heavy atom. The van der Waals surface area contributed by atoms with Gasteiger partial charge in [0, 0.05) is 18.3 Å². The Bertz CT molecular complexity index is 1180. The van der Waals surface area contributed by atoms with Gasteiger partial charge in [-0.25, -0.2) is 9.97 Å². The van der Waals surface area contributed by atoms with Crippen molar-refractivity contribution in [2.24, 2.45) is 0 Å². The Balaban J connectivity index is 1.52. The molecule has 1 saturated heterocycles. The maximum atomic E-state index is 4.94. The average Bonchev–Trinajstić information content (AvgIpc) is 3.35. The summed E-state index contributed by atoms with van der Waals surface area (Å²) in [4.78, 5) is 16.6. The van der Waals surface area contributed by atoms with Gasteiger partial charge < -0.3 is 9.47 Å². The minimum absolute atomic E-state index is 0.453. The van der Waals surface area contributed by atoms with E-state index in [1.807, 2.05) is 24.4 Å². The lowest BCUT2D eigenvalue weighted by Crippen LogP contribution is -2.31. The van der Waals surface area contributed by atoms with Crippen molar-refractivity contribution in [3.63, 3.8) is 0 Å². The van der Waals surface area contributed by atoms with E-state index in [0.717, 1.165) is 72.0 Å². The molecule has 154 valence electrons. The molecule has 0 radical (unpaired) electrons. The van der Waals surface area contributed by atoms with E-state index >= 15 is 0 Å². The smallest absolute Gasteiger partial charge is 0.161 e. The van der Waals surface area contributed by atoms with Gasteiger partial charge in [-0.1, -0.05) is 12.1 Å². The molecule has 30 heavy (non-hydrogen) atoms. The van der Waals surface area contributed by atoms with Gasteiger partial charge in [0.25, 0.3) is 0 Å². The third-order valence-corrected chi connectivity index (χ3v) is 6.09. The van der Waals surface area contributed by atoms with Gasteiger partial charge in [0.15, 0.2) is 5.82 Å². The van der Waals surface area contributed by atoms with E-state index in [-0.39, 0.29) is 0 Å². The molecule has 1 aliphatic heterocycles. The van der Waals surface area contributed by atoms with Crippen molar-refractivity contribution < 1.29 is 0 Å². The number of hydrogen-bond acceptors (Lipinski definition) is 5. The van der Waals surface area contributed by atoms with Gasteiger partial charge in [-0.05, 0) is 59.0 Å². The van der Waals surface area contributed by atoms with Crippen LogP contribution in [0.5, 0.6) is 0 Å². The minimum atomic E-state index is 0.453. The van der Waals surface area contributed by atoms with Crippen molar-refractivity contribution in [1.82, 2.24) is 34.2 Å². The zero-order valence-electron chi connectivity index (χ0n) is 17.8. The maximum Gasteiger partial charge on any atom is 0.161 e. The number of likely N-dealkylation sites (tertiary alicyclic amines) is 1. The van der Waals surface area contributed by atoms with Gasteiger partial charge in [0.1, 0.15) is 5.69 Å².